The predicted octanol–water partition coefficient (Wildman–Crippen LogP) is 4.86. The summed E-state index contributed by atoms with van der Waals surface area (Å²) in [5.41, 5.74) is 1.62. The van der Waals surface area contributed by atoms with E-state index in [9.17, 15) is 4.39 Å². The first kappa shape index (κ1) is 15.4. The molecule has 2 rings (SSSR count). The minimum Gasteiger partial charge on any atom is -0.494 e. The third kappa shape index (κ3) is 5.10. The molecule has 2 nitrogen and oxygen atoms in total. The van der Waals surface area contributed by atoms with Crippen LogP contribution in [0, 0.1) is 11.7 Å². The van der Waals surface area contributed by atoms with E-state index >= 15 is 0 Å². The largest absolute Gasteiger partial charge is 0.494 e. The van der Waals surface area contributed by atoms with Crippen LogP contribution in [-0.2, 0) is 6.54 Å². The molecule has 0 unspecified atom stereocenters. The Morgan fingerprint density at radius 1 is 1.05 bits per heavy atom. The molecule has 0 aliphatic rings. The maximum Gasteiger partial charge on any atom is 0.128 e. The summed E-state index contributed by atoms with van der Waals surface area (Å²) in [7, 11) is 0. The smallest absolute Gasteiger partial charge is 0.128 e. The number of rotatable bonds is 7. The van der Waals surface area contributed by atoms with Crippen molar-refractivity contribution in [3.63, 3.8) is 0 Å². The fourth-order valence-corrected chi connectivity index (χ4v) is 1.92. The Hall–Kier alpha value is -2.03. The third-order valence-corrected chi connectivity index (χ3v) is 3.26. The van der Waals surface area contributed by atoms with Gasteiger partial charge in [0.05, 0.1) is 6.61 Å². The minimum atomic E-state index is -0.182. The molecule has 0 aliphatic heterocycles. The molecule has 0 saturated carbocycles. The average Bonchev–Trinajstić information content (AvgIpc) is 2.47. The number of hydrogen-bond acceptors (Lipinski definition) is 2. The van der Waals surface area contributed by atoms with Gasteiger partial charge in [0.2, 0.25) is 0 Å². The van der Waals surface area contributed by atoms with Crippen molar-refractivity contribution < 1.29 is 9.13 Å². The molecule has 2 aromatic rings. The van der Waals surface area contributed by atoms with Gasteiger partial charge in [-0.25, -0.2) is 4.39 Å². The molecule has 0 aliphatic carbocycles. The van der Waals surface area contributed by atoms with E-state index in [0.29, 0.717) is 18.0 Å². The summed E-state index contributed by atoms with van der Waals surface area (Å²) in [5, 5.41) is 3.21. The quantitative estimate of drug-likeness (QED) is 0.785. The Morgan fingerprint density at radius 2 is 1.76 bits per heavy atom. The molecule has 0 heterocycles. The van der Waals surface area contributed by atoms with Crippen LogP contribution in [0.2, 0.25) is 0 Å². The van der Waals surface area contributed by atoms with E-state index in [4.69, 9.17) is 4.74 Å². The summed E-state index contributed by atoms with van der Waals surface area (Å²) in [6, 6.07) is 14.6. The van der Waals surface area contributed by atoms with Gasteiger partial charge in [0.1, 0.15) is 11.6 Å². The molecular formula is C18H22FNO. The molecule has 0 radical (unpaired) electrons. The maximum atomic E-state index is 13.5. The highest BCUT2D eigenvalue weighted by molar-refractivity contribution is 5.46. The second kappa shape index (κ2) is 7.67. The summed E-state index contributed by atoms with van der Waals surface area (Å²) in [5.74, 6) is 1.33. The van der Waals surface area contributed by atoms with Crippen LogP contribution in [0.1, 0.15) is 25.8 Å². The van der Waals surface area contributed by atoms with Crippen LogP contribution >= 0.6 is 0 Å². The molecule has 2 aromatic carbocycles. The monoisotopic (exact) mass is 287 g/mol. The highest BCUT2D eigenvalue weighted by Crippen LogP contribution is 2.17. The lowest BCUT2D eigenvalue weighted by atomic mass is 10.1. The van der Waals surface area contributed by atoms with Crippen LogP contribution < -0.4 is 10.1 Å². The number of hydrogen-bond donors (Lipinski definition) is 1. The van der Waals surface area contributed by atoms with Crippen LogP contribution in [0.3, 0.4) is 0 Å². The van der Waals surface area contributed by atoms with Gasteiger partial charge in [0, 0.05) is 17.8 Å². The van der Waals surface area contributed by atoms with Gasteiger partial charge in [-0.1, -0.05) is 32.0 Å². The first-order valence-electron chi connectivity index (χ1n) is 7.35. The van der Waals surface area contributed by atoms with E-state index in [1.807, 2.05) is 30.3 Å². The van der Waals surface area contributed by atoms with E-state index in [2.05, 4.69) is 19.2 Å². The highest BCUT2D eigenvalue weighted by atomic mass is 19.1. The van der Waals surface area contributed by atoms with Gasteiger partial charge in [0.15, 0.2) is 0 Å². The van der Waals surface area contributed by atoms with E-state index in [1.165, 1.54) is 6.07 Å². The average molecular weight is 287 g/mol. The van der Waals surface area contributed by atoms with Gasteiger partial charge < -0.3 is 10.1 Å². The lowest BCUT2D eigenvalue weighted by molar-refractivity contribution is 0.289. The van der Waals surface area contributed by atoms with Crippen LogP contribution in [0.4, 0.5) is 10.1 Å². The zero-order chi connectivity index (χ0) is 15.1. The lowest BCUT2D eigenvalue weighted by Crippen LogP contribution is -2.03. The third-order valence-electron chi connectivity index (χ3n) is 3.26. The molecule has 21 heavy (non-hydrogen) atoms. The number of nitrogens with one attached hydrogen (secondary N) is 1. The SMILES string of the molecule is CC(C)CCOc1ccc(NCc2ccccc2F)cc1. The summed E-state index contributed by atoms with van der Waals surface area (Å²) in [4.78, 5) is 0. The molecule has 0 amide bonds. The fraction of sp³-hybridized carbons (Fsp3) is 0.333. The summed E-state index contributed by atoms with van der Waals surface area (Å²) < 4.78 is 19.2. The van der Waals surface area contributed by atoms with Gasteiger partial charge in [0.25, 0.3) is 0 Å². The number of halogens is 1. The topological polar surface area (TPSA) is 21.3 Å². The molecule has 0 fully saturated rings. The van der Waals surface area contributed by atoms with Gasteiger partial charge in [-0.2, -0.15) is 0 Å². The molecule has 1 N–H and O–H groups in total. The Balaban J connectivity index is 1.84. The first-order valence-corrected chi connectivity index (χ1v) is 7.35. The van der Waals surface area contributed by atoms with Crippen molar-refractivity contribution in [3.8, 4) is 5.75 Å². The van der Waals surface area contributed by atoms with E-state index in [0.717, 1.165) is 24.5 Å². The maximum absolute atomic E-state index is 13.5. The van der Waals surface area contributed by atoms with Crippen LogP contribution in [0.15, 0.2) is 48.5 Å². The Morgan fingerprint density at radius 3 is 2.43 bits per heavy atom. The van der Waals surface area contributed by atoms with E-state index in [1.54, 1.807) is 12.1 Å². The van der Waals surface area contributed by atoms with Gasteiger partial charge in [-0.05, 0) is 42.7 Å². The Bertz CT molecular complexity index is 551. The van der Waals surface area contributed by atoms with Crippen LogP contribution in [-0.4, -0.2) is 6.61 Å². The Labute approximate surface area is 126 Å². The summed E-state index contributed by atoms with van der Waals surface area (Å²) >= 11 is 0. The predicted molar refractivity (Wildman–Crippen MR) is 85.1 cm³/mol. The van der Waals surface area contributed by atoms with Crippen molar-refractivity contribution in [3.05, 3.63) is 59.9 Å². The van der Waals surface area contributed by atoms with E-state index in [-0.39, 0.29) is 5.82 Å². The zero-order valence-electron chi connectivity index (χ0n) is 12.6. The molecule has 0 bridgehead atoms. The van der Waals surface area contributed by atoms with E-state index < -0.39 is 0 Å². The normalized spacial score (nSPS) is 10.7. The molecule has 0 atom stereocenters. The lowest BCUT2D eigenvalue weighted by Gasteiger charge is -2.10. The number of anilines is 1. The fourth-order valence-electron chi connectivity index (χ4n) is 1.92. The summed E-state index contributed by atoms with van der Waals surface area (Å²) in [6.07, 6.45) is 1.05. The van der Waals surface area contributed by atoms with Gasteiger partial charge in [-0.3, -0.25) is 0 Å². The molecule has 112 valence electrons. The molecular weight excluding hydrogens is 265 g/mol. The second-order valence-electron chi connectivity index (χ2n) is 5.50. The first-order chi connectivity index (χ1) is 10.1. The minimum absolute atomic E-state index is 0.182. The summed E-state index contributed by atoms with van der Waals surface area (Å²) in [6.45, 7) is 5.57. The van der Waals surface area contributed by atoms with Gasteiger partial charge >= 0.3 is 0 Å². The van der Waals surface area contributed by atoms with Crippen molar-refractivity contribution in [1.82, 2.24) is 0 Å². The van der Waals surface area contributed by atoms with Crippen molar-refractivity contribution >= 4 is 5.69 Å². The van der Waals surface area contributed by atoms with Crippen LogP contribution in [0.25, 0.3) is 0 Å². The Kier molecular flexibility index (Phi) is 5.61. The molecule has 0 spiro atoms. The molecule has 0 aromatic heterocycles. The standard InChI is InChI=1S/C18H22FNO/c1-14(2)11-12-21-17-9-7-16(8-10-17)20-13-15-5-3-4-6-18(15)19/h3-10,14,20H,11-13H2,1-2H3. The van der Waals surface area contributed by atoms with Crippen molar-refractivity contribution in [2.75, 3.05) is 11.9 Å². The highest BCUT2D eigenvalue weighted by Gasteiger charge is 2.01. The zero-order valence-corrected chi connectivity index (χ0v) is 12.6. The van der Waals surface area contributed by atoms with Crippen molar-refractivity contribution in [1.29, 1.82) is 0 Å². The van der Waals surface area contributed by atoms with Crippen molar-refractivity contribution in [2.45, 2.75) is 26.8 Å². The molecule has 0 saturated heterocycles. The van der Waals surface area contributed by atoms with Crippen molar-refractivity contribution in [2.24, 2.45) is 5.92 Å². The molecule has 3 heteroatoms. The van der Waals surface area contributed by atoms with Gasteiger partial charge in [-0.15, -0.1) is 0 Å². The number of benzene rings is 2. The second-order valence-corrected chi connectivity index (χ2v) is 5.50. The number of ether oxygens (including phenoxy) is 1. The van der Waals surface area contributed by atoms with Crippen LogP contribution in [0.5, 0.6) is 5.75 Å².